The molecule has 236 valence electrons. The van der Waals surface area contributed by atoms with Gasteiger partial charge in [-0.3, -0.25) is 0 Å². The molecule has 0 fully saturated rings. The number of para-hydroxylation sites is 1. The number of benzene rings is 9. The molecule has 0 atom stereocenters. The van der Waals surface area contributed by atoms with E-state index in [2.05, 4.69) is 146 Å². The zero-order valence-electron chi connectivity index (χ0n) is 27.2. The van der Waals surface area contributed by atoms with E-state index in [0.717, 1.165) is 87.7 Å². The summed E-state index contributed by atoms with van der Waals surface area (Å²) in [5.41, 5.74) is 9.98. The Morgan fingerprint density at radius 2 is 0.804 bits per heavy atom. The molecular weight excluding hydrogens is 625 g/mol. The van der Waals surface area contributed by atoms with E-state index in [1.165, 1.54) is 32.7 Å². The Morgan fingerprint density at radius 3 is 1.57 bits per heavy atom. The van der Waals surface area contributed by atoms with Gasteiger partial charge >= 0.3 is 0 Å². The van der Waals surface area contributed by atoms with Crippen LogP contribution in [0.5, 0.6) is 0 Å². The van der Waals surface area contributed by atoms with E-state index >= 15 is 0 Å². The number of fused-ring (bicyclic) bond motifs is 14. The predicted octanol–water partition coefficient (Wildman–Crippen LogP) is 14.2. The monoisotopic (exact) mass is 650 g/mol. The van der Waals surface area contributed by atoms with Gasteiger partial charge in [0.05, 0.1) is 5.39 Å². The molecule has 0 saturated heterocycles. The van der Waals surface area contributed by atoms with Crippen LogP contribution in [0.1, 0.15) is 0 Å². The Bertz CT molecular complexity index is 3370. The van der Waals surface area contributed by atoms with Crippen LogP contribution in [0.25, 0.3) is 120 Å². The number of rotatable bonds is 2. The molecule has 0 saturated carbocycles. The molecule has 0 amide bonds. The molecule has 0 bridgehead atoms. The summed E-state index contributed by atoms with van der Waals surface area (Å²) in [4.78, 5) is 0. The smallest absolute Gasteiger partial charge is 0.147 e. The van der Waals surface area contributed by atoms with Crippen LogP contribution in [-0.4, -0.2) is 0 Å². The maximum absolute atomic E-state index is 6.68. The van der Waals surface area contributed by atoms with Gasteiger partial charge in [-0.15, -0.1) is 0 Å². The van der Waals surface area contributed by atoms with Crippen LogP contribution in [0.3, 0.4) is 0 Å². The van der Waals surface area contributed by atoms with Gasteiger partial charge in [0.15, 0.2) is 0 Å². The Hall–Kier alpha value is -6.84. The van der Waals surface area contributed by atoms with Crippen LogP contribution in [0.15, 0.2) is 171 Å². The van der Waals surface area contributed by atoms with Crippen molar-refractivity contribution in [2.45, 2.75) is 0 Å². The Balaban J connectivity index is 1.11. The van der Waals surface area contributed by atoms with Gasteiger partial charge in [0.1, 0.15) is 33.5 Å². The fourth-order valence-electron chi connectivity index (χ4n) is 8.61. The first-order valence-electron chi connectivity index (χ1n) is 17.3. The van der Waals surface area contributed by atoms with Gasteiger partial charge in [0, 0.05) is 32.3 Å². The minimum Gasteiger partial charge on any atom is -0.456 e. The highest BCUT2D eigenvalue weighted by molar-refractivity contribution is 6.26. The van der Waals surface area contributed by atoms with Crippen LogP contribution >= 0.6 is 0 Å². The van der Waals surface area contributed by atoms with Crippen LogP contribution < -0.4 is 0 Å². The van der Waals surface area contributed by atoms with Gasteiger partial charge in [-0.2, -0.15) is 0 Å². The van der Waals surface area contributed by atoms with E-state index in [4.69, 9.17) is 13.3 Å². The number of furan rings is 3. The van der Waals surface area contributed by atoms with Crippen LogP contribution in [-0.2, 0) is 0 Å². The van der Waals surface area contributed by atoms with Crippen molar-refractivity contribution in [1.29, 1.82) is 0 Å². The molecular formula is C48H26O3. The molecule has 0 aliphatic heterocycles. The Morgan fingerprint density at radius 1 is 0.275 bits per heavy atom. The summed E-state index contributed by atoms with van der Waals surface area (Å²) in [5, 5.41) is 13.6. The zero-order valence-corrected chi connectivity index (χ0v) is 27.2. The lowest BCUT2D eigenvalue weighted by molar-refractivity contribution is 0.664. The summed E-state index contributed by atoms with van der Waals surface area (Å²) in [6, 6.07) is 56.0. The van der Waals surface area contributed by atoms with Crippen LogP contribution in [0.4, 0.5) is 0 Å². The summed E-state index contributed by atoms with van der Waals surface area (Å²) in [6.07, 6.45) is 0. The molecule has 51 heavy (non-hydrogen) atoms. The van der Waals surface area contributed by atoms with E-state index in [0.29, 0.717) is 0 Å². The van der Waals surface area contributed by atoms with Crippen molar-refractivity contribution in [2.24, 2.45) is 0 Å². The van der Waals surface area contributed by atoms with Crippen LogP contribution in [0, 0.1) is 0 Å². The van der Waals surface area contributed by atoms with Gasteiger partial charge in [0.2, 0.25) is 0 Å². The van der Waals surface area contributed by atoms with Crippen molar-refractivity contribution in [3.05, 3.63) is 158 Å². The summed E-state index contributed by atoms with van der Waals surface area (Å²) < 4.78 is 19.5. The molecule has 3 aromatic heterocycles. The molecule has 12 aromatic rings. The average Bonchev–Trinajstić information content (AvgIpc) is 3.87. The maximum Gasteiger partial charge on any atom is 0.147 e. The minimum absolute atomic E-state index is 0.835. The highest BCUT2D eigenvalue weighted by atomic mass is 16.3. The molecule has 0 N–H and O–H groups in total. The normalized spacial score (nSPS) is 12.3. The van der Waals surface area contributed by atoms with Crippen LogP contribution in [0.2, 0.25) is 0 Å². The summed E-state index contributed by atoms with van der Waals surface area (Å²) in [7, 11) is 0. The zero-order chi connectivity index (χ0) is 33.2. The maximum atomic E-state index is 6.68. The Labute approximate surface area is 290 Å². The van der Waals surface area contributed by atoms with Crippen molar-refractivity contribution < 1.29 is 13.3 Å². The van der Waals surface area contributed by atoms with E-state index in [1.54, 1.807) is 0 Å². The first-order chi connectivity index (χ1) is 25.3. The van der Waals surface area contributed by atoms with E-state index in [-0.39, 0.29) is 0 Å². The average molecular weight is 651 g/mol. The van der Waals surface area contributed by atoms with Crippen molar-refractivity contribution >= 4 is 98.1 Å². The topological polar surface area (TPSA) is 39.4 Å². The quantitative estimate of drug-likeness (QED) is 0.175. The standard InChI is InChI=1S/C48H26O3/c1-2-10-30-27(9-1)17-21-38-46-42(51-47(30)38)24-22-37-39-25-28(19-23-41(39)50-48(37)46)44-33-12-3-5-14-35(33)45(36-15-6-4-13-34(36)44)29-18-20-32-31-11-7-8-16-40(31)49-43(32)26-29/h1-26H. The summed E-state index contributed by atoms with van der Waals surface area (Å²) in [5.74, 6) is 0. The second-order valence-corrected chi connectivity index (χ2v) is 13.5. The largest absolute Gasteiger partial charge is 0.456 e. The molecule has 3 heteroatoms. The summed E-state index contributed by atoms with van der Waals surface area (Å²) in [6.45, 7) is 0. The van der Waals surface area contributed by atoms with Gasteiger partial charge in [-0.25, -0.2) is 0 Å². The van der Waals surface area contributed by atoms with Crippen molar-refractivity contribution in [3.63, 3.8) is 0 Å². The lowest BCUT2D eigenvalue weighted by atomic mass is 9.85. The second kappa shape index (κ2) is 9.87. The van der Waals surface area contributed by atoms with Gasteiger partial charge < -0.3 is 13.3 Å². The molecule has 0 radical (unpaired) electrons. The number of hydrogen-bond acceptors (Lipinski definition) is 3. The summed E-state index contributed by atoms with van der Waals surface area (Å²) >= 11 is 0. The van der Waals surface area contributed by atoms with Crippen molar-refractivity contribution in [2.75, 3.05) is 0 Å². The molecule has 0 spiro atoms. The predicted molar refractivity (Wildman–Crippen MR) is 212 cm³/mol. The molecule has 9 aromatic carbocycles. The van der Waals surface area contributed by atoms with Crippen molar-refractivity contribution in [3.8, 4) is 22.3 Å². The highest BCUT2D eigenvalue weighted by Gasteiger charge is 2.21. The SMILES string of the molecule is c1ccc2c(c1)ccc1c2oc2ccc3c4cc(-c5c6ccccc6c(-c6ccc7c(c6)oc6ccccc67)c6ccccc56)ccc4oc3c21. The Kier molecular flexibility index (Phi) is 5.23. The fraction of sp³-hybridized carbons (Fsp3) is 0. The molecule has 0 aliphatic carbocycles. The molecule has 0 aliphatic rings. The van der Waals surface area contributed by atoms with E-state index in [1.807, 2.05) is 12.1 Å². The molecule has 3 heterocycles. The molecule has 0 unspecified atom stereocenters. The number of hydrogen-bond donors (Lipinski definition) is 0. The third kappa shape index (κ3) is 3.67. The minimum atomic E-state index is 0.835. The van der Waals surface area contributed by atoms with Gasteiger partial charge in [-0.05, 0) is 97.7 Å². The highest BCUT2D eigenvalue weighted by Crippen LogP contribution is 2.47. The lowest BCUT2D eigenvalue weighted by Crippen LogP contribution is -1.90. The lowest BCUT2D eigenvalue weighted by Gasteiger charge is -2.17. The fourth-order valence-corrected chi connectivity index (χ4v) is 8.61. The second-order valence-electron chi connectivity index (χ2n) is 13.5. The molecule has 12 rings (SSSR count). The first kappa shape index (κ1) is 27.0. The van der Waals surface area contributed by atoms with E-state index in [9.17, 15) is 0 Å². The van der Waals surface area contributed by atoms with Crippen molar-refractivity contribution in [1.82, 2.24) is 0 Å². The van der Waals surface area contributed by atoms with Gasteiger partial charge in [0.25, 0.3) is 0 Å². The molecule has 3 nitrogen and oxygen atoms in total. The third-order valence-electron chi connectivity index (χ3n) is 10.8. The first-order valence-corrected chi connectivity index (χ1v) is 17.3. The van der Waals surface area contributed by atoms with Gasteiger partial charge in [-0.1, -0.05) is 109 Å². The van der Waals surface area contributed by atoms with E-state index < -0.39 is 0 Å². The third-order valence-corrected chi connectivity index (χ3v) is 10.8.